The fraction of sp³-hybridized carbons (Fsp3) is 0.312. The first-order valence-corrected chi connectivity index (χ1v) is 8.56. The summed E-state index contributed by atoms with van der Waals surface area (Å²) in [5.41, 5.74) is 2.41. The number of anilines is 1. The van der Waals surface area contributed by atoms with Crippen LogP contribution >= 0.6 is 15.9 Å². The number of aryl methyl sites for hydroxylation is 1. The monoisotopic (exact) mass is 402 g/mol. The molecule has 0 atom stereocenters. The van der Waals surface area contributed by atoms with Crippen LogP contribution in [0.5, 0.6) is 5.75 Å². The van der Waals surface area contributed by atoms with Crippen LogP contribution < -0.4 is 10.1 Å². The van der Waals surface area contributed by atoms with E-state index in [1.165, 1.54) is 13.4 Å². The van der Waals surface area contributed by atoms with E-state index >= 15 is 0 Å². The Balaban J connectivity index is 1.87. The zero-order valence-corrected chi connectivity index (χ0v) is 15.2. The van der Waals surface area contributed by atoms with Crippen LogP contribution in [0.4, 0.5) is 5.82 Å². The summed E-state index contributed by atoms with van der Waals surface area (Å²) in [5.74, 6) is 0.863. The number of ether oxygens (including phenoxy) is 1. The predicted molar refractivity (Wildman–Crippen MR) is 95.1 cm³/mol. The van der Waals surface area contributed by atoms with Crippen molar-refractivity contribution < 1.29 is 9.53 Å². The van der Waals surface area contributed by atoms with Crippen molar-refractivity contribution in [2.45, 2.75) is 12.8 Å². The van der Waals surface area contributed by atoms with Crippen LogP contribution in [0, 0.1) is 5.92 Å². The van der Waals surface area contributed by atoms with Crippen molar-refractivity contribution in [3.8, 4) is 17.1 Å². The van der Waals surface area contributed by atoms with Crippen LogP contribution in [0.25, 0.3) is 22.4 Å². The largest absolute Gasteiger partial charge is 0.493 e. The molecular weight excluding hydrogens is 388 g/mol. The summed E-state index contributed by atoms with van der Waals surface area (Å²) in [5, 5.41) is 7.27. The molecule has 1 fully saturated rings. The van der Waals surface area contributed by atoms with Gasteiger partial charge in [0.1, 0.15) is 23.2 Å². The molecule has 0 unspecified atom stereocenters. The lowest BCUT2D eigenvalue weighted by Crippen LogP contribution is -2.15. The molecule has 1 N–H and O–H groups in total. The van der Waals surface area contributed by atoms with Crippen LogP contribution in [0.3, 0.4) is 0 Å². The Labute approximate surface area is 151 Å². The summed E-state index contributed by atoms with van der Waals surface area (Å²) in [6.45, 7) is 0. The molecule has 0 radical (unpaired) electrons. The maximum Gasteiger partial charge on any atom is 0.228 e. The molecule has 1 saturated carbocycles. The third kappa shape index (κ3) is 2.95. The Morgan fingerprint density at radius 3 is 2.80 bits per heavy atom. The highest BCUT2D eigenvalue weighted by molar-refractivity contribution is 9.10. The Hall–Kier alpha value is -2.55. The molecule has 3 heterocycles. The van der Waals surface area contributed by atoms with Crippen LogP contribution in [0.1, 0.15) is 12.8 Å². The highest BCUT2D eigenvalue weighted by atomic mass is 79.9. The number of fused-ring (bicyclic) bond motifs is 1. The van der Waals surface area contributed by atoms with Gasteiger partial charge < -0.3 is 10.1 Å². The van der Waals surface area contributed by atoms with Gasteiger partial charge in [-0.05, 0) is 28.8 Å². The SMILES string of the molecule is COc1cc2ncnc(-c3nn(C)cc3Br)c2nc1NC(=O)C1CC1. The van der Waals surface area contributed by atoms with Crippen molar-refractivity contribution in [1.82, 2.24) is 24.7 Å². The number of hydrogen-bond acceptors (Lipinski definition) is 6. The Kier molecular flexibility index (Phi) is 3.87. The minimum atomic E-state index is -0.0393. The number of pyridine rings is 1. The van der Waals surface area contributed by atoms with Gasteiger partial charge in [0, 0.05) is 25.2 Å². The number of rotatable bonds is 4. The summed E-state index contributed by atoms with van der Waals surface area (Å²) in [6, 6.07) is 1.74. The van der Waals surface area contributed by atoms with Crippen molar-refractivity contribution in [2.24, 2.45) is 13.0 Å². The van der Waals surface area contributed by atoms with E-state index in [2.05, 4.69) is 41.3 Å². The fourth-order valence-corrected chi connectivity index (χ4v) is 3.13. The molecule has 0 saturated heterocycles. The van der Waals surface area contributed by atoms with Crippen molar-refractivity contribution >= 4 is 38.7 Å². The molecule has 0 spiro atoms. The molecule has 8 nitrogen and oxygen atoms in total. The summed E-state index contributed by atoms with van der Waals surface area (Å²) in [7, 11) is 3.36. The third-order valence-corrected chi connectivity index (χ3v) is 4.57. The predicted octanol–water partition coefficient (Wildman–Crippen LogP) is 2.54. The molecule has 1 aliphatic rings. The molecule has 3 aromatic heterocycles. The Bertz CT molecular complexity index is 982. The van der Waals surface area contributed by atoms with Gasteiger partial charge in [0.05, 0.1) is 17.1 Å². The van der Waals surface area contributed by atoms with E-state index in [0.717, 1.165) is 17.3 Å². The minimum Gasteiger partial charge on any atom is -0.493 e. The van der Waals surface area contributed by atoms with Gasteiger partial charge in [-0.15, -0.1) is 0 Å². The highest BCUT2D eigenvalue weighted by Crippen LogP contribution is 2.35. The molecule has 9 heteroatoms. The third-order valence-electron chi connectivity index (χ3n) is 3.99. The first-order chi connectivity index (χ1) is 12.1. The number of carbonyl (C=O) groups is 1. The van der Waals surface area contributed by atoms with Gasteiger partial charge in [-0.1, -0.05) is 0 Å². The molecule has 0 aromatic carbocycles. The van der Waals surface area contributed by atoms with Gasteiger partial charge in [-0.2, -0.15) is 5.10 Å². The van der Waals surface area contributed by atoms with Crippen LogP contribution in [0.2, 0.25) is 0 Å². The summed E-state index contributed by atoms with van der Waals surface area (Å²) < 4.78 is 7.85. The minimum absolute atomic E-state index is 0.0393. The molecular formula is C16H15BrN6O2. The Morgan fingerprint density at radius 1 is 1.36 bits per heavy atom. The topological polar surface area (TPSA) is 94.8 Å². The zero-order valence-electron chi connectivity index (χ0n) is 13.7. The molecule has 0 aliphatic heterocycles. The number of nitrogens with zero attached hydrogens (tertiary/aromatic N) is 5. The average Bonchev–Trinajstić information content (AvgIpc) is 3.39. The lowest BCUT2D eigenvalue weighted by molar-refractivity contribution is -0.117. The lowest BCUT2D eigenvalue weighted by Gasteiger charge is -2.11. The van der Waals surface area contributed by atoms with Gasteiger partial charge in [0.15, 0.2) is 11.6 Å². The summed E-state index contributed by atoms with van der Waals surface area (Å²) in [6.07, 6.45) is 5.12. The average molecular weight is 403 g/mol. The second kappa shape index (κ2) is 6.07. The number of hydrogen-bond donors (Lipinski definition) is 1. The van der Waals surface area contributed by atoms with Crippen molar-refractivity contribution in [1.29, 1.82) is 0 Å². The van der Waals surface area contributed by atoms with E-state index in [-0.39, 0.29) is 11.8 Å². The van der Waals surface area contributed by atoms with Gasteiger partial charge in [0.25, 0.3) is 0 Å². The van der Waals surface area contributed by atoms with Gasteiger partial charge in [-0.3, -0.25) is 9.48 Å². The molecule has 0 bridgehead atoms. The molecule has 1 amide bonds. The molecule has 25 heavy (non-hydrogen) atoms. The smallest absolute Gasteiger partial charge is 0.228 e. The van der Waals surface area contributed by atoms with Crippen molar-refractivity contribution in [2.75, 3.05) is 12.4 Å². The van der Waals surface area contributed by atoms with Gasteiger partial charge in [-0.25, -0.2) is 15.0 Å². The number of methoxy groups -OCH3 is 1. The van der Waals surface area contributed by atoms with E-state index in [4.69, 9.17) is 4.74 Å². The van der Waals surface area contributed by atoms with Crippen molar-refractivity contribution in [3.05, 3.63) is 23.1 Å². The second-order valence-electron chi connectivity index (χ2n) is 5.89. The normalized spacial score (nSPS) is 13.9. The number of halogens is 1. The van der Waals surface area contributed by atoms with E-state index < -0.39 is 0 Å². The number of amides is 1. The van der Waals surface area contributed by atoms with Gasteiger partial charge >= 0.3 is 0 Å². The van der Waals surface area contributed by atoms with Crippen LogP contribution in [0.15, 0.2) is 23.1 Å². The van der Waals surface area contributed by atoms with Gasteiger partial charge in [0.2, 0.25) is 5.91 Å². The van der Waals surface area contributed by atoms with E-state index in [1.54, 1.807) is 10.7 Å². The van der Waals surface area contributed by atoms with E-state index in [1.807, 2.05) is 13.2 Å². The Morgan fingerprint density at radius 2 is 2.16 bits per heavy atom. The van der Waals surface area contributed by atoms with Crippen molar-refractivity contribution in [3.63, 3.8) is 0 Å². The second-order valence-corrected chi connectivity index (χ2v) is 6.75. The quantitative estimate of drug-likeness (QED) is 0.720. The molecule has 1 aliphatic carbocycles. The molecule has 128 valence electrons. The first kappa shape index (κ1) is 15.9. The first-order valence-electron chi connectivity index (χ1n) is 7.77. The fourth-order valence-electron chi connectivity index (χ4n) is 2.57. The molecule has 4 rings (SSSR count). The summed E-state index contributed by atoms with van der Waals surface area (Å²) in [4.78, 5) is 25.3. The number of aromatic nitrogens is 5. The standard InChI is InChI=1S/C16H15BrN6O2/c1-23-6-9(17)12(22-23)14-13-10(18-7-19-14)5-11(25-2)15(20-13)21-16(24)8-3-4-8/h5-8H,3-4H2,1-2H3,(H,20,21,24). The number of carbonyl (C=O) groups excluding carboxylic acids is 1. The maximum absolute atomic E-state index is 12.1. The lowest BCUT2D eigenvalue weighted by atomic mass is 10.2. The van der Waals surface area contributed by atoms with E-state index in [9.17, 15) is 4.79 Å². The van der Waals surface area contributed by atoms with E-state index in [0.29, 0.717) is 34.0 Å². The maximum atomic E-state index is 12.1. The van der Waals surface area contributed by atoms with Crippen LogP contribution in [-0.4, -0.2) is 37.7 Å². The summed E-state index contributed by atoms with van der Waals surface area (Å²) >= 11 is 3.49. The van der Waals surface area contributed by atoms with Crippen LogP contribution in [-0.2, 0) is 11.8 Å². The zero-order chi connectivity index (χ0) is 17.6. The number of nitrogens with one attached hydrogen (secondary N) is 1. The highest BCUT2D eigenvalue weighted by Gasteiger charge is 2.30. The molecule has 3 aromatic rings.